The Morgan fingerprint density at radius 3 is 2.21 bits per heavy atom. The molecule has 2 rings (SSSR count). The highest BCUT2D eigenvalue weighted by Crippen LogP contribution is 2.41. The van der Waals surface area contributed by atoms with E-state index in [-0.39, 0.29) is 27.2 Å². The zero-order chi connectivity index (χ0) is 24.5. The molecule has 178 valence electrons. The third-order valence-corrected chi connectivity index (χ3v) is 4.88. The molecule has 1 unspecified atom stereocenters. The zero-order valence-corrected chi connectivity index (χ0v) is 20.4. The number of methoxy groups -OCH3 is 2. The summed E-state index contributed by atoms with van der Waals surface area (Å²) in [5.74, 6) is 0.0218. The molecule has 1 amide bonds. The third-order valence-electron chi connectivity index (χ3n) is 4.27. The lowest BCUT2D eigenvalue weighted by Crippen LogP contribution is -2.32. The van der Waals surface area contributed by atoms with Crippen molar-refractivity contribution in [2.24, 2.45) is 10.2 Å². The maximum atomic E-state index is 12.9. The average molecular weight is 498 g/mol. The van der Waals surface area contributed by atoms with Gasteiger partial charge in [-0.1, -0.05) is 23.2 Å². The molecule has 0 heterocycles. The van der Waals surface area contributed by atoms with Crippen molar-refractivity contribution in [3.05, 3.63) is 34.3 Å². The Labute approximate surface area is 202 Å². The molecule has 0 spiro atoms. The number of anilines is 1. The number of ketones is 1. The summed E-state index contributed by atoms with van der Waals surface area (Å²) in [6.45, 7) is 5.61. The predicted molar refractivity (Wildman–Crippen MR) is 126 cm³/mol. The van der Waals surface area contributed by atoms with Crippen molar-refractivity contribution in [1.29, 1.82) is 0 Å². The van der Waals surface area contributed by atoms with Crippen LogP contribution in [0, 0.1) is 0 Å². The second-order valence-electron chi connectivity index (χ2n) is 6.49. The van der Waals surface area contributed by atoms with Gasteiger partial charge in [0, 0.05) is 6.07 Å². The van der Waals surface area contributed by atoms with Gasteiger partial charge < -0.3 is 24.3 Å². The van der Waals surface area contributed by atoms with Crippen LogP contribution in [0.4, 0.5) is 11.4 Å². The lowest BCUT2D eigenvalue weighted by molar-refractivity contribution is -0.126. The molecule has 1 atom stereocenters. The van der Waals surface area contributed by atoms with Gasteiger partial charge in [-0.25, -0.2) is 0 Å². The first-order valence-corrected chi connectivity index (χ1v) is 10.7. The second-order valence-corrected chi connectivity index (χ2v) is 7.31. The van der Waals surface area contributed by atoms with Gasteiger partial charge in [0.1, 0.15) is 17.1 Å². The average Bonchev–Trinajstić information content (AvgIpc) is 2.77. The molecule has 2 aromatic carbocycles. The summed E-state index contributed by atoms with van der Waals surface area (Å²) in [5, 5.41) is 11.1. The van der Waals surface area contributed by atoms with E-state index in [0.29, 0.717) is 30.5 Å². The topological polar surface area (TPSA) is 108 Å². The van der Waals surface area contributed by atoms with Gasteiger partial charge in [0.2, 0.25) is 6.04 Å². The summed E-state index contributed by atoms with van der Waals surface area (Å²) in [5.41, 5.74) is 0.380. The van der Waals surface area contributed by atoms with Crippen LogP contribution >= 0.6 is 23.2 Å². The van der Waals surface area contributed by atoms with Crippen molar-refractivity contribution in [3.8, 4) is 23.0 Å². The molecule has 0 aliphatic rings. The van der Waals surface area contributed by atoms with E-state index in [1.165, 1.54) is 33.3 Å². The molecule has 0 aliphatic heterocycles. The van der Waals surface area contributed by atoms with Crippen LogP contribution in [0.15, 0.2) is 34.5 Å². The molecule has 0 fully saturated rings. The van der Waals surface area contributed by atoms with E-state index in [0.717, 1.165) is 0 Å². The van der Waals surface area contributed by atoms with Gasteiger partial charge in [-0.2, -0.15) is 10.2 Å². The van der Waals surface area contributed by atoms with E-state index in [9.17, 15) is 9.59 Å². The standard InChI is InChI=1S/C22H25Cl2N3O6/c1-6-32-17-11-18(33-7-2)15(10-14(17)24)26-27-19(12(3)28)22(29)25-20-13(23)8-9-16(30-4)21(20)31-5/h8-11,19H,6-7H2,1-5H3,(H,25,29). The quantitative estimate of drug-likeness (QED) is 0.324. The van der Waals surface area contributed by atoms with Gasteiger partial charge in [-0.05, 0) is 39.0 Å². The van der Waals surface area contributed by atoms with E-state index in [2.05, 4.69) is 15.5 Å². The number of Topliss-reactive ketones (excluding diaryl/α,β-unsaturated/α-hetero) is 1. The van der Waals surface area contributed by atoms with Crippen LogP contribution < -0.4 is 24.3 Å². The minimum atomic E-state index is -1.46. The van der Waals surface area contributed by atoms with E-state index in [4.69, 9.17) is 42.1 Å². The number of azo groups is 1. The van der Waals surface area contributed by atoms with Crippen LogP contribution in [-0.2, 0) is 9.59 Å². The van der Waals surface area contributed by atoms with Crippen molar-refractivity contribution in [2.75, 3.05) is 32.8 Å². The zero-order valence-electron chi connectivity index (χ0n) is 18.9. The Hall–Kier alpha value is -3.04. The smallest absolute Gasteiger partial charge is 0.258 e. The summed E-state index contributed by atoms with van der Waals surface area (Å²) in [6.07, 6.45) is 0. The van der Waals surface area contributed by atoms with E-state index in [1.54, 1.807) is 19.1 Å². The molecule has 0 aromatic heterocycles. The van der Waals surface area contributed by atoms with Crippen LogP contribution in [-0.4, -0.2) is 45.2 Å². The first-order valence-electron chi connectivity index (χ1n) is 9.99. The minimum Gasteiger partial charge on any atom is -0.493 e. The highest BCUT2D eigenvalue weighted by molar-refractivity contribution is 6.34. The van der Waals surface area contributed by atoms with Crippen LogP contribution in [0.1, 0.15) is 20.8 Å². The SMILES string of the molecule is CCOc1cc(OCC)c(N=NC(C(C)=O)C(=O)Nc2c(Cl)ccc(OC)c2OC)cc1Cl. The molecule has 2 aromatic rings. The number of hydrogen-bond donors (Lipinski definition) is 1. The molecular formula is C22H25Cl2N3O6. The van der Waals surface area contributed by atoms with Gasteiger partial charge in [-0.15, -0.1) is 0 Å². The number of rotatable bonds is 11. The summed E-state index contributed by atoms with van der Waals surface area (Å²) in [6, 6.07) is 4.71. The first kappa shape index (κ1) is 26.2. The molecule has 33 heavy (non-hydrogen) atoms. The molecule has 1 N–H and O–H groups in total. The molecule has 0 saturated heterocycles. The van der Waals surface area contributed by atoms with Crippen molar-refractivity contribution in [1.82, 2.24) is 0 Å². The fourth-order valence-corrected chi connectivity index (χ4v) is 3.20. The van der Waals surface area contributed by atoms with Gasteiger partial charge in [0.05, 0.1) is 37.5 Å². The number of carbonyl (C=O) groups is 2. The highest BCUT2D eigenvalue weighted by Gasteiger charge is 2.26. The molecule has 0 bridgehead atoms. The molecule has 11 heteroatoms. The summed E-state index contributed by atoms with van der Waals surface area (Å²) in [4.78, 5) is 25.1. The maximum absolute atomic E-state index is 12.9. The number of nitrogens with zero attached hydrogens (tertiary/aromatic N) is 2. The number of nitrogens with one attached hydrogen (secondary N) is 1. The second kappa shape index (κ2) is 12.3. The maximum Gasteiger partial charge on any atom is 0.258 e. The number of hydrogen-bond acceptors (Lipinski definition) is 8. The van der Waals surface area contributed by atoms with Gasteiger partial charge in [0.25, 0.3) is 5.91 Å². The Kier molecular flexibility index (Phi) is 9.74. The summed E-state index contributed by atoms with van der Waals surface area (Å²) >= 11 is 12.5. The predicted octanol–water partition coefficient (Wildman–Crippen LogP) is 5.49. The van der Waals surface area contributed by atoms with Crippen molar-refractivity contribution >= 4 is 46.3 Å². The molecule has 9 nitrogen and oxygen atoms in total. The largest absolute Gasteiger partial charge is 0.493 e. The normalized spacial score (nSPS) is 11.7. The third kappa shape index (κ3) is 6.49. The van der Waals surface area contributed by atoms with E-state index < -0.39 is 17.7 Å². The van der Waals surface area contributed by atoms with Gasteiger partial charge in [-0.3, -0.25) is 9.59 Å². The van der Waals surface area contributed by atoms with E-state index >= 15 is 0 Å². The lowest BCUT2D eigenvalue weighted by Gasteiger charge is -2.16. The van der Waals surface area contributed by atoms with Crippen LogP contribution in [0.3, 0.4) is 0 Å². The van der Waals surface area contributed by atoms with Crippen molar-refractivity contribution in [2.45, 2.75) is 26.8 Å². The molecule has 0 saturated carbocycles. The Morgan fingerprint density at radius 2 is 1.64 bits per heavy atom. The van der Waals surface area contributed by atoms with Crippen LogP contribution in [0.5, 0.6) is 23.0 Å². The van der Waals surface area contributed by atoms with Gasteiger partial charge in [0.15, 0.2) is 23.0 Å². The Balaban J connectivity index is 2.38. The van der Waals surface area contributed by atoms with Crippen LogP contribution in [0.2, 0.25) is 10.0 Å². The van der Waals surface area contributed by atoms with Crippen molar-refractivity contribution in [3.63, 3.8) is 0 Å². The molecular weight excluding hydrogens is 473 g/mol. The number of carbonyl (C=O) groups excluding carboxylic acids is 2. The monoisotopic (exact) mass is 497 g/mol. The number of halogens is 2. The lowest BCUT2D eigenvalue weighted by atomic mass is 10.2. The summed E-state index contributed by atoms with van der Waals surface area (Å²) in [7, 11) is 2.85. The van der Waals surface area contributed by atoms with E-state index in [1.807, 2.05) is 6.92 Å². The van der Waals surface area contributed by atoms with Crippen molar-refractivity contribution < 1.29 is 28.5 Å². The number of ether oxygens (including phenoxy) is 4. The molecule has 0 radical (unpaired) electrons. The minimum absolute atomic E-state index is 0.143. The number of amides is 1. The van der Waals surface area contributed by atoms with Gasteiger partial charge >= 0.3 is 0 Å². The summed E-state index contributed by atoms with van der Waals surface area (Å²) < 4.78 is 21.6. The number of benzene rings is 2. The highest BCUT2D eigenvalue weighted by atomic mass is 35.5. The molecule has 0 aliphatic carbocycles. The van der Waals surface area contributed by atoms with Crippen LogP contribution in [0.25, 0.3) is 0 Å². The fraction of sp³-hybridized carbons (Fsp3) is 0.364. The Bertz CT molecular complexity index is 1050. The Morgan fingerprint density at radius 1 is 0.970 bits per heavy atom. The fourth-order valence-electron chi connectivity index (χ4n) is 2.79. The first-order chi connectivity index (χ1) is 15.8.